The van der Waals surface area contributed by atoms with Crippen molar-refractivity contribution in [3.63, 3.8) is 0 Å². The summed E-state index contributed by atoms with van der Waals surface area (Å²) in [5, 5.41) is 10.7. The number of H-pyrrole nitrogens is 1. The smallest absolute Gasteiger partial charge is 0.257 e. The lowest BCUT2D eigenvalue weighted by Gasteiger charge is -2.34. The number of piperidine rings is 1. The highest BCUT2D eigenvalue weighted by Gasteiger charge is 2.27. The number of amides is 1. The molecule has 1 atom stereocenters. The molecule has 2 N–H and O–H groups in total. The Morgan fingerprint density at radius 3 is 2.94 bits per heavy atom. The minimum absolute atomic E-state index is 0.0229. The van der Waals surface area contributed by atoms with Gasteiger partial charge in [-0.15, -0.1) is 0 Å². The molecule has 0 radical (unpaired) electrons. The van der Waals surface area contributed by atoms with Crippen LogP contribution in [-0.4, -0.2) is 60.5 Å². The van der Waals surface area contributed by atoms with Crippen molar-refractivity contribution in [1.29, 1.82) is 0 Å². The van der Waals surface area contributed by atoms with Gasteiger partial charge in [-0.25, -0.2) is 0 Å². The second-order valence-electron chi connectivity index (χ2n) is 7.98. The minimum atomic E-state index is -0.0229. The third kappa shape index (κ3) is 4.08. The number of aromatic amines is 1. The van der Waals surface area contributed by atoms with Crippen LogP contribution in [0.5, 0.6) is 17.2 Å². The Labute approximate surface area is 186 Å². The van der Waals surface area contributed by atoms with Crippen LogP contribution < -0.4 is 19.5 Å². The molecule has 8 nitrogen and oxygen atoms in total. The van der Waals surface area contributed by atoms with E-state index in [1.165, 1.54) is 0 Å². The molecule has 0 bridgehead atoms. The maximum atomic E-state index is 13.4. The predicted octanol–water partition coefficient (Wildman–Crippen LogP) is 3.57. The Morgan fingerprint density at radius 2 is 2.06 bits per heavy atom. The van der Waals surface area contributed by atoms with Crippen LogP contribution in [0.1, 0.15) is 23.2 Å². The van der Waals surface area contributed by atoms with E-state index in [2.05, 4.69) is 15.5 Å². The van der Waals surface area contributed by atoms with E-state index in [0.717, 1.165) is 47.9 Å². The molecular formula is C24H26N4O4. The molecule has 3 heterocycles. The van der Waals surface area contributed by atoms with E-state index in [1.807, 2.05) is 47.4 Å². The molecule has 8 heteroatoms. The number of rotatable bonds is 5. The van der Waals surface area contributed by atoms with Gasteiger partial charge in [-0.05, 0) is 37.1 Å². The van der Waals surface area contributed by atoms with Gasteiger partial charge in [0.15, 0.2) is 11.5 Å². The summed E-state index contributed by atoms with van der Waals surface area (Å²) >= 11 is 0. The Bertz CT molecular complexity index is 1110. The number of fused-ring (bicyclic) bond motifs is 1. The van der Waals surface area contributed by atoms with Gasteiger partial charge in [0.05, 0.1) is 24.6 Å². The second kappa shape index (κ2) is 8.82. The van der Waals surface area contributed by atoms with Gasteiger partial charge in [-0.2, -0.15) is 5.10 Å². The monoisotopic (exact) mass is 434 g/mol. The highest BCUT2D eigenvalue weighted by Crippen LogP contribution is 2.33. The van der Waals surface area contributed by atoms with Crippen molar-refractivity contribution >= 4 is 11.6 Å². The molecule has 2 aromatic carbocycles. The molecule has 0 aliphatic carbocycles. The summed E-state index contributed by atoms with van der Waals surface area (Å²) in [5.41, 5.74) is 3.11. The summed E-state index contributed by atoms with van der Waals surface area (Å²) in [7, 11) is 1.63. The normalized spacial score (nSPS) is 17.7. The SMILES string of the molecule is COc1cccc(-c2[nH]ncc2C(=O)N2CCC[C@@H](Nc3ccc4c(c3)OCCO4)C2)c1. The quantitative estimate of drug-likeness (QED) is 0.638. The molecule has 5 rings (SSSR count). The van der Waals surface area contributed by atoms with Crippen LogP contribution in [0, 0.1) is 0 Å². The topological polar surface area (TPSA) is 88.7 Å². The average Bonchev–Trinajstić information content (AvgIpc) is 3.34. The molecule has 0 saturated carbocycles. The number of hydrogen-bond acceptors (Lipinski definition) is 6. The van der Waals surface area contributed by atoms with Crippen LogP contribution in [0.2, 0.25) is 0 Å². The van der Waals surface area contributed by atoms with Crippen molar-refractivity contribution in [3.05, 3.63) is 54.2 Å². The fourth-order valence-electron chi connectivity index (χ4n) is 4.27. The van der Waals surface area contributed by atoms with Crippen molar-refractivity contribution in [2.24, 2.45) is 0 Å². The van der Waals surface area contributed by atoms with Crippen molar-refractivity contribution in [2.45, 2.75) is 18.9 Å². The van der Waals surface area contributed by atoms with Crippen molar-refractivity contribution in [3.8, 4) is 28.5 Å². The van der Waals surface area contributed by atoms with E-state index < -0.39 is 0 Å². The van der Waals surface area contributed by atoms with Gasteiger partial charge >= 0.3 is 0 Å². The zero-order chi connectivity index (χ0) is 21.9. The van der Waals surface area contributed by atoms with Crippen molar-refractivity contribution in [1.82, 2.24) is 15.1 Å². The zero-order valence-electron chi connectivity index (χ0n) is 18.0. The number of hydrogen-bond donors (Lipinski definition) is 2. The lowest BCUT2D eigenvalue weighted by atomic mass is 10.0. The van der Waals surface area contributed by atoms with Gasteiger partial charge < -0.3 is 24.4 Å². The first-order valence-electron chi connectivity index (χ1n) is 10.8. The van der Waals surface area contributed by atoms with Gasteiger partial charge in [0, 0.05) is 36.4 Å². The summed E-state index contributed by atoms with van der Waals surface area (Å²) in [5.74, 6) is 2.24. The average molecular weight is 434 g/mol. The zero-order valence-corrected chi connectivity index (χ0v) is 18.0. The molecule has 166 valence electrons. The van der Waals surface area contributed by atoms with Crippen LogP contribution in [-0.2, 0) is 0 Å². The molecule has 1 fully saturated rings. The number of anilines is 1. The van der Waals surface area contributed by atoms with E-state index in [1.54, 1.807) is 13.3 Å². The van der Waals surface area contributed by atoms with E-state index in [4.69, 9.17) is 14.2 Å². The Hall–Kier alpha value is -3.68. The van der Waals surface area contributed by atoms with Gasteiger partial charge in [0.1, 0.15) is 19.0 Å². The van der Waals surface area contributed by atoms with E-state index in [0.29, 0.717) is 31.0 Å². The predicted molar refractivity (Wildman–Crippen MR) is 121 cm³/mol. The van der Waals surface area contributed by atoms with Crippen LogP contribution in [0.15, 0.2) is 48.7 Å². The Kier molecular flexibility index (Phi) is 5.58. The highest BCUT2D eigenvalue weighted by atomic mass is 16.6. The molecule has 0 unspecified atom stereocenters. The number of carbonyl (C=O) groups excluding carboxylic acids is 1. The summed E-state index contributed by atoms with van der Waals surface area (Å²) < 4.78 is 16.6. The first kappa shape index (κ1) is 20.2. The van der Waals surface area contributed by atoms with Crippen molar-refractivity contribution < 1.29 is 19.0 Å². The molecule has 32 heavy (non-hydrogen) atoms. The van der Waals surface area contributed by atoms with Crippen LogP contribution in [0.4, 0.5) is 5.69 Å². The standard InChI is InChI=1S/C24H26N4O4/c1-30-19-6-2-4-16(12-19)23-20(14-25-27-23)24(29)28-9-3-5-18(15-28)26-17-7-8-21-22(13-17)32-11-10-31-21/h2,4,6-8,12-14,18,26H,3,5,9-11,15H2,1H3,(H,25,27)/t18-/m1/s1. The maximum absolute atomic E-state index is 13.4. The van der Waals surface area contributed by atoms with Gasteiger partial charge in [0.25, 0.3) is 5.91 Å². The second-order valence-corrected chi connectivity index (χ2v) is 7.98. The number of methoxy groups -OCH3 is 1. The van der Waals surface area contributed by atoms with Gasteiger partial charge in [-0.3, -0.25) is 9.89 Å². The van der Waals surface area contributed by atoms with Gasteiger partial charge in [0.2, 0.25) is 0 Å². The summed E-state index contributed by atoms with van der Waals surface area (Å²) in [6, 6.07) is 13.6. The van der Waals surface area contributed by atoms with Crippen molar-refractivity contribution in [2.75, 3.05) is 38.7 Å². The fourth-order valence-corrected chi connectivity index (χ4v) is 4.27. The van der Waals surface area contributed by atoms with Gasteiger partial charge in [-0.1, -0.05) is 12.1 Å². The maximum Gasteiger partial charge on any atom is 0.257 e. The third-order valence-corrected chi connectivity index (χ3v) is 5.85. The Balaban J connectivity index is 1.30. The number of carbonyl (C=O) groups is 1. The lowest BCUT2D eigenvalue weighted by molar-refractivity contribution is 0.0715. The highest BCUT2D eigenvalue weighted by molar-refractivity contribution is 6.00. The molecular weight excluding hydrogens is 408 g/mol. The van der Waals surface area contributed by atoms with E-state index in [-0.39, 0.29) is 11.9 Å². The van der Waals surface area contributed by atoms with Crippen LogP contribution >= 0.6 is 0 Å². The summed E-state index contributed by atoms with van der Waals surface area (Å²) in [6.07, 6.45) is 3.53. The van der Waals surface area contributed by atoms with E-state index >= 15 is 0 Å². The summed E-state index contributed by atoms with van der Waals surface area (Å²) in [6.45, 7) is 2.48. The molecule has 2 aliphatic rings. The van der Waals surface area contributed by atoms with Crippen LogP contribution in [0.3, 0.4) is 0 Å². The number of likely N-dealkylation sites (tertiary alicyclic amines) is 1. The van der Waals surface area contributed by atoms with E-state index in [9.17, 15) is 4.79 Å². The molecule has 1 amide bonds. The van der Waals surface area contributed by atoms with Crippen LogP contribution in [0.25, 0.3) is 11.3 Å². The fraction of sp³-hybridized carbons (Fsp3) is 0.333. The summed E-state index contributed by atoms with van der Waals surface area (Å²) in [4.78, 5) is 15.3. The lowest BCUT2D eigenvalue weighted by Crippen LogP contribution is -2.45. The number of ether oxygens (including phenoxy) is 3. The Morgan fingerprint density at radius 1 is 1.19 bits per heavy atom. The number of nitrogens with zero attached hydrogens (tertiary/aromatic N) is 2. The first-order chi connectivity index (χ1) is 15.7. The molecule has 0 spiro atoms. The first-order valence-corrected chi connectivity index (χ1v) is 10.8. The molecule has 2 aliphatic heterocycles. The third-order valence-electron chi connectivity index (χ3n) is 5.85. The molecule has 1 saturated heterocycles. The molecule has 1 aromatic heterocycles. The molecule has 3 aromatic rings. The number of aromatic nitrogens is 2. The number of benzene rings is 2. The number of nitrogens with one attached hydrogen (secondary N) is 2. The largest absolute Gasteiger partial charge is 0.497 e. The minimum Gasteiger partial charge on any atom is -0.497 e.